The number of aromatic nitrogens is 2. The standard InChI is InChI=1S/C19H22N4O3S/c1-26-10-9-20-18(25)11-23-19(15-12-27-13-16(15)22-23)21-17(24)8-7-14-5-3-2-4-6-14/h2-8H,9-13H2,1H3,(H,20,25)(H,21,24). The molecule has 0 radical (unpaired) electrons. The number of hydrogen-bond acceptors (Lipinski definition) is 5. The molecular formula is C19H22N4O3S. The third-order valence-corrected chi connectivity index (χ3v) is 4.98. The number of benzene rings is 1. The first-order chi connectivity index (χ1) is 13.2. The second-order valence-electron chi connectivity index (χ2n) is 6.00. The normalized spacial score (nSPS) is 12.9. The SMILES string of the molecule is COCCNC(=O)Cn1nc2c(c1NC(=O)C=Cc1ccccc1)CSC2. The number of amides is 2. The number of nitrogens with one attached hydrogen (secondary N) is 2. The van der Waals surface area contributed by atoms with Crippen molar-refractivity contribution in [2.24, 2.45) is 0 Å². The van der Waals surface area contributed by atoms with Crippen LogP contribution in [-0.4, -0.2) is 41.9 Å². The number of anilines is 1. The van der Waals surface area contributed by atoms with Crippen LogP contribution in [0.4, 0.5) is 5.82 Å². The molecule has 0 spiro atoms. The number of methoxy groups -OCH3 is 1. The molecule has 2 heterocycles. The van der Waals surface area contributed by atoms with Crippen molar-refractivity contribution in [3.05, 3.63) is 53.2 Å². The minimum atomic E-state index is -0.250. The number of nitrogens with zero attached hydrogens (tertiary/aromatic N) is 2. The highest BCUT2D eigenvalue weighted by Gasteiger charge is 2.24. The molecule has 7 nitrogen and oxygen atoms in total. The van der Waals surface area contributed by atoms with E-state index >= 15 is 0 Å². The van der Waals surface area contributed by atoms with Gasteiger partial charge in [0.25, 0.3) is 0 Å². The van der Waals surface area contributed by atoms with Crippen molar-refractivity contribution in [3.8, 4) is 0 Å². The van der Waals surface area contributed by atoms with Gasteiger partial charge in [-0.2, -0.15) is 16.9 Å². The number of ether oxygens (including phenoxy) is 1. The van der Waals surface area contributed by atoms with E-state index in [2.05, 4.69) is 15.7 Å². The molecule has 0 unspecified atom stereocenters. The van der Waals surface area contributed by atoms with Crippen LogP contribution in [0, 0.1) is 0 Å². The molecule has 142 valence electrons. The average molecular weight is 386 g/mol. The zero-order valence-corrected chi connectivity index (χ0v) is 15.9. The molecule has 1 aliphatic rings. The Hall–Kier alpha value is -2.58. The second-order valence-corrected chi connectivity index (χ2v) is 6.99. The van der Waals surface area contributed by atoms with Crippen LogP contribution in [-0.2, 0) is 32.4 Å². The van der Waals surface area contributed by atoms with Gasteiger partial charge in [0.2, 0.25) is 11.8 Å². The molecule has 0 saturated carbocycles. The summed E-state index contributed by atoms with van der Waals surface area (Å²) < 4.78 is 6.50. The molecule has 2 amide bonds. The summed E-state index contributed by atoms with van der Waals surface area (Å²) in [4.78, 5) is 24.5. The summed E-state index contributed by atoms with van der Waals surface area (Å²) in [6.45, 7) is 0.943. The zero-order chi connectivity index (χ0) is 19.1. The molecule has 0 fully saturated rings. The first kappa shape index (κ1) is 19.2. The van der Waals surface area contributed by atoms with Gasteiger partial charge < -0.3 is 15.4 Å². The Kier molecular flexibility index (Phi) is 6.67. The van der Waals surface area contributed by atoms with E-state index in [0.717, 1.165) is 28.3 Å². The highest BCUT2D eigenvalue weighted by Crippen LogP contribution is 2.34. The van der Waals surface area contributed by atoms with Crippen LogP contribution in [0.2, 0.25) is 0 Å². The molecule has 0 saturated heterocycles. The molecule has 3 rings (SSSR count). The summed E-state index contributed by atoms with van der Waals surface area (Å²) in [7, 11) is 1.58. The van der Waals surface area contributed by atoms with E-state index < -0.39 is 0 Å². The maximum absolute atomic E-state index is 12.4. The summed E-state index contributed by atoms with van der Waals surface area (Å²) in [5.74, 6) is 1.74. The Morgan fingerprint density at radius 2 is 2.11 bits per heavy atom. The molecule has 2 N–H and O–H groups in total. The van der Waals surface area contributed by atoms with E-state index in [-0.39, 0.29) is 18.4 Å². The number of hydrogen-bond donors (Lipinski definition) is 2. The van der Waals surface area contributed by atoms with Crippen molar-refractivity contribution >= 4 is 35.5 Å². The van der Waals surface area contributed by atoms with Crippen LogP contribution < -0.4 is 10.6 Å². The highest BCUT2D eigenvalue weighted by atomic mass is 32.2. The van der Waals surface area contributed by atoms with Crippen molar-refractivity contribution in [1.82, 2.24) is 15.1 Å². The Morgan fingerprint density at radius 3 is 2.89 bits per heavy atom. The van der Waals surface area contributed by atoms with Gasteiger partial charge in [-0.25, -0.2) is 4.68 Å². The number of carbonyl (C=O) groups excluding carboxylic acids is 2. The van der Waals surface area contributed by atoms with Gasteiger partial charge in [-0.05, 0) is 11.6 Å². The van der Waals surface area contributed by atoms with Crippen LogP contribution >= 0.6 is 11.8 Å². The van der Waals surface area contributed by atoms with E-state index in [1.807, 2.05) is 30.3 Å². The number of carbonyl (C=O) groups is 2. The van der Waals surface area contributed by atoms with Gasteiger partial charge in [0.15, 0.2) is 0 Å². The number of fused-ring (bicyclic) bond motifs is 1. The topological polar surface area (TPSA) is 85.2 Å². The molecule has 1 aromatic heterocycles. The van der Waals surface area contributed by atoms with Crippen LogP contribution in [0.25, 0.3) is 6.08 Å². The van der Waals surface area contributed by atoms with Crippen LogP contribution in [0.15, 0.2) is 36.4 Å². The number of rotatable bonds is 8. The van der Waals surface area contributed by atoms with Gasteiger partial charge in [-0.1, -0.05) is 30.3 Å². The first-order valence-corrected chi connectivity index (χ1v) is 9.79. The van der Waals surface area contributed by atoms with Crippen LogP contribution in [0.1, 0.15) is 16.8 Å². The van der Waals surface area contributed by atoms with E-state index in [9.17, 15) is 9.59 Å². The predicted octanol–water partition coefficient (Wildman–Crippen LogP) is 2.04. The largest absolute Gasteiger partial charge is 0.383 e. The molecule has 8 heteroatoms. The van der Waals surface area contributed by atoms with Crippen molar-refractivity contribution in [2.75, 3.05) is 25.6 Å². The van der Waals surface area contributed by atoms with Crippen molar-refractivity contribution in [2.45, 2.75) is 18.1 Å². The lowest BCUT2D eigenvalue weighted by atomic mass is 10.2. The molecule has 0 aliphatic carbocycles. The first-order valence-electron chi connectivity index (χ1n) is 8.63. The average Bonchev–Trinajstić information content (AvgIpc) is 3.24. The third kappa shape index (κ3) is 5.21. The molecule has 0 bridgehead atoms. The Balaban J connectivity index is 1.69. The van der Waals surface area contributed by atoms with E-state index in [4.69, 9.17) is 4.74 Å². The highest BCUT2D eigenvalue weighted by molar-refractivity contribution is 7.98. The zero-order valence-electron chi connectivity index (χ0n) is 15.1. The fourth-order valence-corrected chi connectivity index (χ4v) is 3.73. The second kappa shape index (κ2) is 9.38. The van der Waals surface area contributed by atoms with Gasteiger partial charge in [0.1, 0.15) is 12.4 Å². The summed E-state index contributed by atoms with van der Waals surface area (Å²) in [6, 6.07) is 9.60. The monoisotopic (exact) mass is 386 g/mol. The Labute approximate surface area is 162 Å². The van der Waals surface area contributed by atoms with E-state index in [1.54, 1.807) is 29.6 Å². The van der Waals surface area contributed by atoms with E-state index in [0.29, 0.717) is 19.0 Å². The summed E-state index contributed by atoms with van der Waals surface area (Å²) in [5, 5.41) is 10.2. The lowest BCUT2D eigenvalue weighted by Crippen LogP contribution is -2.31. The van der Waals surface area contributed by atoms with Gasteiger partial charge in [-0.15, -0.1) is 0 Å². The quantitative estimate of drug-likeness (QED) is 0.536. The maximum atomic E-state index is 12.4. The summed E-state index contributed by atoms with van der Waals surface area (Å²) in [5.41, 5.74) is 2.86. The van der Waals surface area contributed by atoms with Gasteiger partial charge in [0, 0.05) is 36.8 Å². The lowest BCUT2D eigenvalue weighted by Gasteiger charge is -2.10. The third-order valence-electron chi connectivity index (χ3n) is 4.01. The summed E-state index contributed by atoms with van der Waals surface area (Å²) in [6.07, 6.45) is 3.24. The minimum Gasteiger partial charge on any atom is -0.383 e. The van der Waals surface area contributed by atoms with Crippen LogP contribution in [0.3, 0.4) is 0 Å². The van der Waals surface area contributed by atoms with Crippen LogP contribution in [0.5, 0.6) is 0 Å². The number of thioether (sulfide) groups is 1. The lowest BCUT2D eigenvalue weighted by molar-refractivity contribution is -0.122. The van der Waals surface area contributed by atoms with Crippen molar-refractivity contribution < 1.29 is 14.3 Å². The van der Waals surface area contributed by atoms with Gasteiger partial charge >= 0.3 is 0 Å². The minimum absolute atomic E-state index is 0.0550. The van der Waals surface area contributed by atoms with Gasteiger partial charge in [-0.3, -0.25) is 9.59 Å². The van der Waals surface area contributed by atoms with Crippen molar-refractivity contribution in [3.63, 3.8) is 0 Å². The van der Waals surface area contributed by atoms with E-state index in [1.165, 1.54) is 6.08 Å². The smallest absolute Gasteiger partial charge is 0.249 e. The van der Waals surface area contributed by atoms with Gasteiger partial charge in [0.05, 0.1) is 12.3 Å². The summed E-state index contributed by atoms with van der Waals surface area (Å²) >= 11 is 1.74. The molecule has 27 heavy (non-hydrogen) atoms. The fourth-order valence-electron chi connectivity index (χ4n) is 2.70. The molecule has 2 aromatic rings. The Bertz CT molecular complexity index is 833. The maximum Gasteiger partial charge on any atom is 0.249 e. The molecule has 1 aromatic carbocycles. The Morgan fingerprint density at radius 1 is 1.30 bits per heavy atom. The fraction of sp³-hybridized carbons (Fsp3) is 0.316. The molecular weight excluding hydrogens is 364 g/mol. The molecule has 0 atom stereocenters. The predicted molar refractivity (Wildman–Crippen MR) is 106 cm³/mol. The van der Waals surface area contributed by atoms with Crippen molar-refractivity contribution in [1.29, 1.82) is 0 Å². The molecule has 1 aliphatic heterocycles.